The number of halogens is 3. The summed E-state index contributed by atoms with van der Waals surface area (Å²) in [4.78, 5) is 12.0. The van der Waals surface area contributed by atoms with Gasteiger partial charge >= 0.3 is 21.3 Å². The van der Waals surface area contributed by atoms with E-state index in [1.54, 1.807) is 0 Å². The first-order valence-corrected chi connectivity index (χ1v) is 8.96. The lowest BCUT2D eigenvalue weighted by Crippen LogP contribution is -2.39. The normalized spacial score (nSPS) is 26.2. The molecule has 0 saturated heterocycles. The first kappa shape index (κ1) is 22.1. The summed E-state index contributed by atoms with van der Waals surface area (Å²) in [7, 11) is -5.93. The minimum absolute atomic E-state index is 0.638. The molecule has 0 aromatic rings. The van der Waals surface area contributed by atoms with Crippen molar-refractivity contribution in [2.75, 3.05) is 6.61 Å². The molecular formula is C14H23F3O7S. The summed E-state index contributed by atoms with van der Waals surface area (Å²) >= 11 is 0. The molecular weight excluding hydrogens is 369 g/mol. The Balaban J connectivity index is 2.66. The molecule has 1 saturated carbocycles. The summed E-state index contributed by atoms with van der Waals surface area (Å²) in [5, 5.41) is 15.1. The molecule has 3 unspecified atom stereocenters. The van der Waals surface area contributed by atoms with Gasteiger partial charge in [-0.2, -0.15) is 17.2 Å². The molecule has 148 valence electrons. The van der Waals surface area contributed by atoms with Gasteiger partial charge in [0.1, 0.15) is 0 Å². The molecule has 0 amide bonds. The SMILES string of the molecule is CC(C)(O)C1C(C(=O)OCCC(F)C(F)(F)S(=O)(=O)O)C1C(C)(C)O. The van der Waals surface area contributed by atoms with Gasteiger partial charge in [0.25, 0.3) is 0 Å². The molecule has 1 aliphatic rings. The van der Waals surface area contributed by atoms with Crippen LogP contribution in [-0.2, 0) is 19.6 Å². The predicted molar refractivity (Wildman–Crippen MR) is 80.0 cm³/mol. The lowest BCUT2D eigenvalue weighted by Gasteiger charge is -2.22. The van der Waals surface area contributed by atoms with Crippen LogP contribution in [0.15, 0.2) is 0 Å². The van der Waals surface area contributed by atoms with Crippen LogP contribution in [0, 0.1) is 17.8 Å². The lowest BCUT2D eigenvalue weighted by atomic mass is 9.94. The van der Waals surface area contributed by atoms with Gasteiger partial charge in [0.2, 0.25) is 0 Å². The van der Waals surface area contributed by atoms with E-state index in [0.29, 0.717) is 0 Å². The molecule has 0 radical (unpaired) electrons. The number of hydrogen-bond donors (Lipinski definition) is 3. The van der Waals surface area contributed by atoms with Crippen molar-refractivity contribution in [2.45, 2.75) is 56.7 Å². The molecule has 0 aliphatic heterocycles. The molecule has 0 aromatic heterocycles. The Morgan fingerprint density at radius 3 is 1.84 bits per heavy atom. The quantitative estimate of drug-likeness (QED) is 0.418. The fourth-order valence-electron chi connectivity index (χ4n) is 3.05. The smallest absolute Gasteiger partial charge is 0.400 e. The number of aliphatic hydroxyl groups is 2. The minimum atomic E-state index is -5.93. The zero-order valence-electron chi connectivity index (χ0n) is 14.2. The van der Waals surface area contributed by atoms with E-state index in [1.165, 1.54) is 27.7 Å². The molecule has 1 fully saturated rings. The zero-order valence-corrected chi connectivity index (χ0v) is 15.1. The van der Waals surface area contributed by atoms with Crippen molar-refractivity contribution < 1.29 is 45.9 Å². The monoisotopic (exact) mass is 392 g/mol. The fourth-order valence-corrected chi connectivity index (χ4v) is 3.49. The van der Waals surface area contributed by atoms with Gasteiger partial charge in [-0.05, 0) is 27.7 Å². The molecule has 1 aliphatic carbocycles. The molecule has 7 nitrogen and oxygen atoms in total. The Bertz CT molecular complexity index is 587. The number of hydrogen-bond acceptors (Lipinski definition) is 6. The fraction of sp³-hybridized carbons (Fsp3) is 0.929. The Kier molecular flexibility index (Phi) is 5.91. The number of alkyl halides is 3. The predicted octanol–water partition coefficient (Wildman–Crippen LogP) is 1.14. The van der Waals surface area contributed by atoms with Gasteiger partial charge < -0.3 is 14.9 Å². The maximum absolute atomic E-state index is 13.3. The highest BCUT2D eigenvalue weighted by molar-refractivity contribution is 7.86. The van der Waals surface area contributed by atoms with Crippen molar-refractivity contribution in [3.8, 4) is 0 Å². The van der Waals surface area contributed by atoms with Gasteiger partial charge in [-0.1, -0.05) is 0 Å². The molecule has 3 N–H and O–H groups in total. The molecule has 0 heterocycles. The van der Waals surface area contributed by atoms with Gasteiger partial charge in [-0.3, -0.25) is 9.35 Å². The van der Waals surface area contributed by atoms with Crippen LogP contribution in [0.1, 0.15) is 34.1 Å². The number of rotatable bonds is 8. The van der Waals surface area contributed by atoms with Crippen LogP contribution in [0.2, 0.25) is 0 Å². The third-order valence-corrected chi connectivity index (χ3v) is 5.19. The van der Waals surface area contributed by atoms with Gasteiger partial charge in [0, 0.05) is 18.3 Å². The van der Waals surface area contributed by atoms with Crippen molar-refractivity contribution in [3.63, 3.8) is 0 Å². The van der Waals surface area contributed by atoms with E-state index in [1.807, 2.05) is 0 Å². The minimum Gasteiger partial charge on any atom is -0.465 e. The molecule has 11 heteroatoms. The van der Waals surface area contributed by atoms with Gasteiger partial charge in [0.05, 0.1) is 23.7 Å². The Labute approximate surface area is 143 Å². The highest BCUT2D eigenvalue weighted by Crippen LogP contribution is 2.58. The highest BCUT2D eigenvalue weighted by atomic mass is 32.2. The average molecular weight is 392 g/mol. The van der Waals surface area contributed by atoms with Gasteiger partial charge in [-0.25, -0.2) is 4.39 Å². The number of carbonyl (C=O) groups excluding carboxylic acids is 1. The van der Waals surface area contributed by atoms with E-state index in [2.05, 4.69) is 4.74 Å². The van der Waals surface area contributed by atoms with Crippen LogP contribution in [0.3, 0.4) is 0 Å². The Morgan fingerprint density at radius 1 is 1.12 bits per heavy atom. The Morgan fingerprint density at radius 2 is 1.52 bits per heavy atom. The molecule has 0 bridgehead atoms. The first-order chi connectivity index (χ1) is 10.9. The van der Waals surface area contributed by atoms with E-state index >= 15 is 0 Å². The number of carbonyl (C=O) groups is 1. The first-order valence-electron chi connectivity index (χ1n) is 7.52. The highest BCUT2D eigenvalue weighted by Gasteiger charge is 2.66. The van der Waals surface area contributed by atoms with Crippen molar-refractivity contribution in [1.29, 1.82) is 0 Å². The van der Waals surface area contributed by atoms with E-state index in [-0.39, 0.29) is 0 Å². The maximum atomic E-state index is 13.3. The third-order valence-electron chi connectivity index (χ3n) is 4.25. The molecule has 0 aromatic carbocycles. The molecule has 25 heavy (non-hydrogen) atoms. The van der Waals surface area contributed by atoms with Crippen LogP contribution in [0.5, 0.6) is 0 Å². The van der Waals surface area contributed by atoms with Gasteiger partial charge in [-0.15, -0.1) is 0 Å². The summed E-state index contributed by atoms with van der Waals surface area (Å²) in [6.07, 6.45) is -4.41. The molecule has 0 spiro atoms. The van der Waals surface area contributed by atoms with Crippen LogP contribution in [0.25, 0.3) is 0 Å². The maximum Gasteiger partial charge on any atom is 0.400 e. The summed E-state index contributed by atoms with van der Waals surface area (Å²) in [6.45, 7) is 4.91. The zero-order chi connectivity index (χ0) is 20.0. The van der Waals surface area contributed by atoms with Gasteiger partial charge in [0.15, 0.2) is 6.17 Å². The summed E-state index contributed by atoms with van der Waals surface area (Å²) in [6, 6.07) is 0. The van der Waals surface area contributed by atoms with E-state index in [9.17, 15) is 36.6 Å². The van der Waals surface area contributed by atoms with Crippen molar-refractivity contribution in [1.82, 2.24) is 0 Å². The van der Waals surface area contributed by atoms with Crippen molar-refractivity contribution >= 4 is 16.1 Å². The molecule has 1 rings (SSSR count). The van der Waals surface area contributed by atoms with E-state index in [4.69, 9.17) is 4.55 Å². The van der Waals surface area contributed by atoms with Crippen LogP contribution >= 0.6 is 0 Å². The van der Waals surface area contributed by atoms with Crippen molar-refractivity contribution in [2.24, 2.45) is 17.8 Å². The summed E-state index contributed by atoms with van der Waals surface area (Å²) < 4.78 is 73.2. The third kappa shape index (κ3) is 4.83. The van der Waals surface area contributed by atoms with Crippen LogP contribution in [0.4, 0.5) is 13.2 Å². The number of ether oxygens (including phenoxy) is 1. The summed E-state index contributed by atoms with van der Waals surface area (Å²) in [5.74, 6) is -3.09. The average Bonchev–Trinajstić information content (AvgIpc) is 3.11. The van der Waals surface area contributed by atoms with Crippen LogP contribution < -0.4 is 0 Å². The molecule has 3 atom stereocenters. The number of esters is 1. The van der Waals surface area contributed by atoms with E-state index < -0.39 is 69.5 Å². The second-order valence-corrected chi connectivity index (χ2v) is 8.84. The topological polar surface area (TPSA) is 121 Å². The Hall–Kier alpha value is -0.910. The summed E-state index contributed by atoms with van der Waals surface area (Å²) in [5.41, 5.74) is -2.62. The second kappa shape index (κ2) is 6.67. The lowest BCUT2D eigenvalue weighted by molar-refractivity contribution is -0.148. The van der Waals surface area contributed by atoms with Crippen LogP contribution in [-0.4, -0.2) is 58.4 Å². The second-order valence-electron chi connectivity index (χ2n) is 7.35. The van der Waals surface area contributed by atoms with E-state index in [0.717, 1.165) is 0 Å². The largest absolute Gasteiger partial charge is 0.465 e. The standard InChI is InChI=1S/C14H23F3O7S/c1-12(2,19)9-8(10(9)13(3,4)20)11(18)24-6-5-7(15)14(16,17)25(21,22)23/h7-10,19-20H,5-6H2,1-4H3,(H,21,22,23). The van der Waals surface area contributed by atoms with Crippen molar-refractivity contribution in [3.05, 3.63) is 0 Å².